The summed E-state index contributed by atoms with van der Waals surface area (Å²) in [6, 6.07) is 0. The molecule has 0 aromatic rings. The quantitative estimate of drug-likeness (QED) is 0.516. The third-order valence-corrected chi connectivity index (χ3v) is 0.983. The zero-order chi connectivity index (χ0) is 6.95. The molecule has 53 valence electrons. The van der Waals surface area contributed by atoms with E-state index in [-0.39, 0.29) is 0 Å². The van der Waals surface area contributed by atoms with Crippen molar-refractivity contribution in [3.63, 3.8) is 0 Å². The first kappa shape index (κ1) is 8.70. The van der Waals surface area contributed by atoms with Crippen LogP contribution >= 0.6 is 0 Å². The van der Waals surface area contributed by atoms with Gasteiger partial charge in [-0.3, -0.25) is 0 Å². The zero-order valence-electron chi connectivity index (χ0n) is 6.26. The van der Waals surface area contributed by atoms with E-state index in [4.69, 9.17) is 4.74 Å². The van der Waals surface area contributed by atoms with E-state index in [9.17, 15) is 0 Å². The van der Waals surface area contributed by atoms with Crippen LogP contribution in [0.4, 0.5) is 0 Å². The van der Waals surface area contributed by atoms with Crippen LogP contribution in [0, 0.1) is 6.61 Å². The Kier molecular flexibility index (Phi) is 7.44. The summed E-state index contributed by atoms with van der Waals surface area (Å²) in [5.74, 6) is 0. The van der Waals surface area contributed by atoms with Crippen molar-refractivity contribution in [2.75, 3.05) is 6.61 Å². The SMILES string of the molecule is C/C=C/[CH]OCCCC. The van der Waals surface area contributed by atoms with Gasteiger partial charge in [-0.2, -0.15) is 0 Å². The lowest BCUT2D eigenvalue weighted by Gasteiger charge is -1.95. The largest absolute Gasteiger partial charge is 0.371 e. The van der Waals surface area contributed by atoms with Gasteiger partial charge in [-0.25, -0.2) is 0 Å². The molecule has 0 saturated carbocycles. The molecule has 0 aliphatic rings. The van der Waals surface area contributed by atoms with Gasteiger partial charge in [-0.05, 0) is 13.3 Å². The Morgan fingerprint density at radius 1 is 1.44 bits per heavy atom. The third kappa shape index (κ3) is 7.70. The molecule has 0 amide bonds. The van der Waals surface area contributed by atoms with E-state index in [1.807, 2.05) is 19.1 Å². The molecule has 0 rings (SSSR count). The van der Waals surface area contributed by atoms with E-state index in [1.165, 1.54) is 6.42 Å². The molecular weight excluding hydrogens is 112 g/mol. The summed E-state index contributed by atoms with van der Waals surface area (Å²) >= 11 is 0. The Labute approximate surface area is 57.7 Å². The Morgan fingerprint density at radius 3 is 2.78 bits per heavy atom. The summed E-state index contributed by atoms with van der Waals surface area (Å²) in [7, 11) is 0. The molecule has 1 heteroatoms. The van der Waals surface area contributed by atoms with Gasteiger partial charge in [0.05, 0.1) is 0 Å². The van der Waals surface area contributed by atoms with E-state index in [2.05, 4.69) is 6.92 Å². The maximum atomic E-state index is 5.10. The monoisotopic (exact) mass is 127 g/mol. The van der Waals surface area contributed by atoms with Crippen molar-refractivity contribution in [1.29, 1.82) is 0 Å². The second-order valence-electron chi connectivity index (χ2n) is 1.89. The van der Waals surface area contributed by atoms with Gasteiger partial charge in [0.1, 0.15) is 6.61 Å². The second-order valence-corrected chi connectivity index (χ2v) is 1.89. The number of allylic oxidation sites excluding steroid dienone is 1. The van der Waals surface area contributed by atoms with Gasteiger partial charge in [-0.15, -0.1) is 0 Å². The minimum Gasteiger partial charge on any atom is -0.371 e. The van der Waals surface area contributed by atoms with Gasteiger partial charge < -0.3 is 4.74 Å². The highest BCUT2D eigenvalue weighted by Crippen LogP contribution is 1.90. The van der Waals surface area contributed by atoms with Crippen LogP contribution in [0.3, 0.4) is 0 Å². The molecular formula is C8H15O. The summed E-state index contributed by atoms with van der Waals surface area (Å²) in [5, 5.41) is 0. The number of rotatable bonds is 5. The fourth-order valence-corrected chi connectivity index (χ4v) is 0.430. The molecule has 9 heavy (non-hydrogen) atoms. The minimum atomic E-state index is 0.848. The fraction of sp³-hybridized carbons (Fsp3) is 0.625. The number of ether oxygens (including phenoxy) is 1. The van der Waals surface area contributed by atoms with E-state index < -0.39 is 0 Å². The van der Waals surface area contributed by atoms with Gasteiger partial charge in [0.15, 0.2) is 0 Å². The van der Waals surface area contributed by atoms with E-state index in [0.717, 1.165) is 13.0 Å². The van der Waals surface area contributed by atoms with Gasteiger partial charge in [0, 0.05) is 6.61 Å². The highest BCUT2D eigenvalue weighted by Gasteiger charge is 1.81. The smallest absolute Gasteiger partial charge is 0.105 e. The van der Waals surface area contributed by atoms with Gasteiger partial charge in [0.2, 0.25) is 0 Å². The van der Waals surface area contributed by atoms with Crippen LogP contribution in [0.5, 0.6) is 0 Å². The van der Waals surface area contributed by atoms with Crippen LogP contribution in [-0.2, 0) is 4.74 Å². The van der Waals surface area contributed by atoms with Crippen molar-refractivity contribution in [1.82, 2.24) is 0 Å². The van der Waals surface area contributed by atoms with Crippen molar-refractivity contribution in [2.24, 2.45) is 0 Å². The van der Waals surface area contributed by atoms with Gasteiger partial charge in [-0.1, -0.05) is 25.5 Å². The molecule has 1 nitrogen and oxygen atoms in total. The van der Waals surface area contributed by atoms with Crippen LogP contribution in [0.25, 0.3) is 0 Å². The molecule has 0 aromatic heterocycles. The Bertz CT molecular complexity index is 67.0. The molecule has 0 aliphatic carbocycles. The molecule has 0 fully saturated rings. The lowest BCUT2D eigenvalue weighted by Crippen LogP contribution is -1.87. The number of hydrogen-bond acceptors (Lipinski definition) is 1. The Hall–Kier alpha value is -0.300. The minimum absolute atomic E-state index is 0.848. The summed E-state index contributed by atoms with van der Waals surface area (Å²) in [5.41, 5.74) is 0. The van der Waals surface area contributed by atoms with Crippen LogP contribution in [0.2, 0.25) is 0 Å². The molecule has 0 spiro atoms. The Balaban J connectivity index is 2.75. The van der Waals surface area contributed by atoms with Crippen LogP contribution < -0.4 is 0 Å². The van der Waals surface area contributed by atoms with Crippen molar-refractivity contribution in [3.8, 4) is 0 Å². The van der Waals surface area contributed by atoms with Gasteiger partial charge >= 0.3 is 0 Å². The van der Waals surface area contributed by atoms with Crippen LogP contribution in [0.15, 0.2) is 12.2 Å². The van der Waals surface area contributed by atoms with E-state index in [1.54, 1.807) is 6.61 Å². The highest BCUT2D eigenvalue weighted by atomic mass is 16.5. The standard InChI is InChI=1S/C8H15O/c1-3-5-7-9-8-6-4-2/h3,5,7H,4,6,8H2,1-2H3/b5-3+. The predicted octanol–water partition coefficient (Wildman–Crippen LogP) is 2.54. The zero-order valence-corrected chi connectivity index (χ0v) is 6.26. The first-order valence-electron chi connectivity index (χ1n) is 3.48. The molecule has 0 bridgehead atoms. The average molecular weight is 127 g/mol. The van der Waals surface area contributed by atoms with E-state index in [0.29, 0.717) is 0 Å². The molecule has 0 aromatic carbocycles. The molecule has 0 unspecified atom stereocenters. The number of unbranched alkanes of at least 4 members (excludes halogenated alkanes) is 1. The Morgan fingerprint density at radius 2 is 2.22 bits per heavy atom. The maximum Gasteiger partial charge on any atom is 0.105 e. The van der Waals surface area contributed by atoms with Crippen LogP contribution in [0.1, 0.15) is 26.7 Å². The first-order chi connectivity index (χ1) is 4.41. The molecule has 0 saturated heterocycles. The molecule has 0 atom stereocenters. The molecule has 1 radical (unpaired) electrons. The molecule has 0 N–H and O–H groups in total. The summed E-state index contributed by atoms with van der Waals surface area (Å²) in [6.07, 6.45) is 6.19. The van der Waals surface area contributed by atoms with Crippen molar-refractivity contribution in [3.05, 3.63) is 18.8 Å². The normalized spacial score (nSPS) is 10.9. The summed E-state index contributed by atoms with van der Waals surface area (Å²) < 4.78 is 5.10. The highest BCUT2D eigenvalue weighted by molar-refractivity contribution is 4.85. The molecule has 0 aliphatic heterocycles. The topological polar surface area (TPSA) is 9.23 Å². The predicted molar refractivity (Wildman–Crippen MR) is 40.0 cm³/mol. The van der Waals surface area contributed by atoms with Gasteiger partial charge in [0.25, 0.3) is 0 Å². The van der Waals surface area contributed by atoms with Crippen molar-refractivity contribution >= 4 is 0 Å². The summed E-state index contributed by atoms with van der Waals surface area (Å²) in [4.78, 5) is 0. The molecule has 0 heterocycles. The third-order valence-electron chi connectivity index (χ3n) is 0.983. The average Bonchev–Trinajstić information content (AvgIpc) is 1.89. The second kappa shape index (κ2) is 7.70. The maximum absolute atomic E-state index is 5.10. The van der Waals surface area contributed by atoms with Crippen molar-refractivity contribution < 1.29 is 4.74 Å². The summed E-state index contributed by atoms with van der Waals surface area (Å²) in [6.45, 7) is 6.70. The lowest BCUT2D eigenvalue weighted by atomic mass is 10.4. The van der Waals surface area contributed by atoms with Crippen molar-refractivity contribution in [2.45, 2.75) is 26.7 Å². The van der Waals surface area contributed by atoms with Crippen LogP contribution in [-0.4, -0.2) is 6.61 Å². The number of hydrogen-bond donors (Lipinski definition) is 0. The first-order valence-corrected chi connectivity index (χ1v) is 3.48. The van der Waals surface area contributed by atoms with E-state index >= 15 is 0 Å². The lowest BCUT2D eigenvalue weighted by molar-refractivity contribution is 0.210. The fourth-order valence-electron chi connectivity index (χ4n) is 0.430.